The standard InChI is InChI=1S/C11H10N.Rh/c1-8-3-4-10-7-12-6-5-11(10)9(8)2;/h3,5-7H,1-2H3;/q-1;. The molecule has 2 rings (SSSR count). The van der Waals surface area contributed by atoms with Crippen molar-refractivity contribution in [3.05, 3.63) is 41.7 Å². The van der Waals surface area contributed by atoms with Gasteiger partial charge in [0.15, 0.2) is 0 Å². The van der Waals surface area contributed by atoms with Crippen molar-refractivity contribution < 1.29 is 19.5 Å². The third-order valence-electron chi connectivity index (χ3n) is 2.26. The molecule has 0 fully saturated rings. The summed E-state index contributed by atoms with van der Waals surface area (Å²) >= 11 is 0. The summed E-state index contributed by atoms with van der Waals surface area (Å²) < 4.78 is 0. The summed E-state index contributed by atoms with van der Waals surface area (Å²) in [6, 6.07) is 7.25. The molecule has 0 aliphatic carbocycles. The minimum atomic E-state index is 0. The average Bonchev–Trinajstić information content (AvgIpc) is 2.12. The summed E-state index contributed by atoms with van der Waals surface area (Å²) in [6.45, 7) is 4.23. The van der Waals surface area contributed by atoms with Crippen LogP contribution in [0.1, 0.15) is 11.1 Å². The van der Waals surface area contributed by atoms with Crippen LogP contribution in [-0.2, 0) is 19.5 Å². The maximum Gasteiger partial charge on any atom is 0.00673 e. The smallest absolute Gasteiger partial charge is 0.00673 e. The minimum Gasteiger partial charge on any atom is -0.313 e. The molecule has 1 nitrogen and oxygen atoms in total. The third kappa shape index (κ3) is 1.78. The fourth-order valence-corrected chi connectivity index (χ4v) is 1.34. The van der Waals surface area contributed by atoms with E-state index in [0.29, 0.717) is 0 Å². The van der Waals surface area contributed by atoms with Gasteiger partial charge in [-0.05, 0) is 6.20 Å². The summed E-state index contributed by atoms with van der Waals surface area (Å²) in [5, 5.41) is 2.35. The zero-order valence-electron chi connectivity index (χ0n) is 7.59. The summed E-state index contributed by atoms with van der Waals surface area (Å²) in [7, 11) is 0. The van der Waals surface area contributed by atoms with Crippen molar-refractivity contribution in [2.45, 2.75) is 13.8 Å². The van der Waals surface area contributed by atoms with Gasteiger partial charge < -0.3 is 4.98 Å². The van der Waals surface area contributed by atoms with Crippen molar-refractivity contribution in [2.24, 2.45) is 0 Å². The van der Waals surface area contributed by atoms with E-state index in [0.717, 1.165) is 5.39 Å². The number of rotatable bonds is 0. The second-order valence-corrected chi connectivity index (χ2v) is 3.02. The number of aromatic nitrogens is 1. The van der Waals surface area contributed by atoms with Crippen molar-refractivity contribution >= 4 is 10.8 Å². The second kappa shape index (κ2) is 3.97. The van der Waals surface area contributed by atoms with Crippen molar-refractivity contribution in [1.82, 2.24) is 4.98 Å². The Bertz CT molecular complexity index is 423. The van der Waals surface area contributed by atoms with Crippen LogP contribution in [0.4, 0.5) is 0 Å². The Kier molecular flexibility index (Phi) is 3.16. The van der Waals surface area contributed by atoms with E-state index in [1.165, 1.54) is 16.5 Å². The van der Waals surface area contributed by atoms with E-state index in [2.05, 4.69) is 24.9 Å². The SMILES string of the molecule is Cc1c[c-]c2cnccc2c1C.[Rh]. The molecule has 1 heterocycles. The first-order valence-electron chi connectivity index (χ1n) is 4.00. The molecule has 1 aromatic carbocycles. The predicted octanol–water partition coefficient (Wildman–Crippen LogP) is 2.65. The van der Waals surface area contributed by atoms with E-state index in [4.69, 9.17) is 0 Å². The monoisotopic (exact) mass is 259 g/mol. The fourth-order valence-electron chi connectivity index (χ4n) is 1.34. The van der Waals surface area contributed by atoms with Gasteiger partial charge in [-0.3, -0.25) is 0 Å². The van der Waals surface area contributed by atoms with Crippen molar-refractivity contribution in [3.8, 4) is 0 Å². The van der Waals surface area contributed by atoms with Gasteiger partial charge in [-0.1, -0.05) is 19.9 Å². The maximum atomic E-state index is 4.05. The molecule has 13 heavy (non-hydrogen) atoms. The van der Waals surface area contributed by atoms with E-state index in [1.54, 1.807) is 0 Å². The molecule has 0 spiro atoms. The Morgan fingerprint density at radius 2 is 2.08 bits per heavy atom. The molecule has 0 saturated carbocycles. The largest absolute Gasteiger partial charge is 0.313 e. The van der Waals surface area contributed by atoms with Gasteiger partial charge >= 0.3 is 0 Å². The van der Waals surface area contributed by atoms with Crippen molar-refractivity contribution in [3.63, 3.8) is 0 Å². The van der Waals surface area contributed by atoms with Crippen LogP contribution in [0.2, 0.25) is 0 Å². The number of fused-ring (bicyclic) bond motifs is 1. The quantitative estimate of drug-likeness (QED) is 0.523. The van der Waals surface area contributed by atoms with Crippen molar-refractivity contribution in [2.75, 3.05) is 0 Å². The Balaban J connectivity index is 0.000000845. The number of aryl methyl sites for hydroxylation is 2. The van der Waals surface area contributed by atoms with Gasteiger partial charge in [0.1, 0.15) is 0 Å². The van der Waals surface area contributed by atoms with E-state index >= 15 is 0 Å². The molecular weight excluding hydrogens is 249 g/mol. The maximum absolute atomic E-state index is 4.05. The zero-order valence-corrected chi connectivity index (χ0v) is 9.23. The summed E-state index contributed by atoms with van der Waals surface area (Å²) in [5.41, 5.74) is 2.61. The van der Waals surface area contributed by atoms with E-state index in [1.807, 2.05) is 24.5 Å². The molecule has 0 saturated heterocycles. The first kappa shape index (κ1) is 10.3. The molecule has 69 valence electrons. The number of hydrogen-bond acceptors (Lipinski definition) is 1. The second-order valence-electron chi connectivity index (χ2n) is 3.02. The number of nitrogens with zero attached hydrogens (tertiary/aromatic N) is 1. The van der Waals surface area contributed by atoms with Gasteiger partial charge in [0.05, 0.1) is 0 Å². The number of benzene rings is 1. The Morgan fingerprint density at radius 3 is 2.85 bits per heavy atom. The molecular formula is C11H10NRh-. The topological polar surface area (TPSA) is 12.9 Å². The Morgan fingerprint density at radius 1 is 1.31 bits per heavy atom. The van der Waals surface area contributed by atoms with E-state index in [-0.39, 0.29) is 19.5 Å². The van der Waals surface area contributed by atoms with Crippen LogP contribution in [0.25, 0.3) is 10.8 Å². The summed E-state index contributed by atoms with van der Waals surface area (Å²) in [4.78, 5) is 4.05. The third-order valence-corrected chi connectivity index (χ3v) is 2.26. The van der Waals surface area contributed by atoms with Crippen LogP contribution >= 0.6 is 0 Å². The first-order valence-corrected chi connectivity index (χ1v) is 4.00. The number of pyridine rings is 1. The molecule has 0 aliphatic rings. The fraction of sp³-hybridized carbons (Fsp3) is 0.182. The molecule has 2 heteroatoms. The summed E-state index contributed by atoms with van der Waals surface area (Å²) in [5.74, 6) is 0. The van der Waals surface area contributed by atoms with Crippen LogP contribution in [0.3, 0.4) is 0 Å². The van der Waals surface area contributed by atoms with Gasteiger partial charge in [0.2, 0.25) is 0 Å². The molecule has 0 bridgehead atoms. The van der Waals surface area contributed by atoms with Crippen LogP contribution in [0.15, 0.2) is 24.5 Å². The Hall–Kier alpha value is -0.747. The van der Waals surface area contributed by atoms with Crippen LogP contribution in [0, 0.1) is 19.9 Å². The zero-order chi connectivity index (χ0) is 8.55. The van der Waals surface area contributed by atoms with Gasteiger partial charge in [0, 0.05) is 25.7 Å². The molecule has 2 aromatic rings. The van der Waals surface area contributed by atoms with Gasteiger partial charge in [-0.25, -0.2) is 0 Å². The molecule has 1 radical (unpaired) electrons. The van der Waals surface area contributed by atoms with Crippen LogP contribution in [0.5, 0.6) is 0 Å². The Labute approximate surface area is 90.9 Å². The van der Waals surface area contributed by atoms with E-state index in [9.17, 15) is 0 Å². The molecule has 0 atom stereocenters. The van der Waals surface area contributed by atoms with Gasteiger partial charge in [0.25, 0.3) is 0 Å². The predicted molar refractivity (Wildman–Crippen MR) is 50.1 cm³/mol. The molecule has 0 unspecified atom stereocenters. The average molecular weight is 259 g/mol. The first-order chi connectivity index (χ1) is 5.79. The number of hydrogen-bond donors (Lipinski definition) is 0. The van der Waals surface area contributed by atoms with Crippen molar-refractivity contribution in [1.29, 1.82) is 0 Å². The molecule has 0 aliphatic heterocycles. The summed E-state index contributed by atoms with van der Waals surface area (Å²) in [6.07, 6.45) is 3.67. The van der Waals surface area contributed by atoms with Gasteiger partial charge in [-0.2, -0.15) is 0 Å². The van der Waals surface area contributed by atoms with Gasteiger partial charge in [-0.15, -0.1) is 34.0 Å². The molecule has 1 aromatic heterocycles. The van der Waals surface area contributed by atoms with Crippen LogP contribution in [-0.4, -0.2) is 4.98 Å². The molecule has 0 N–H and O–H groups in total. The normalized spacial score (nSPS) is 9.69. The van der Waals surface area contributed by atoms with E-state index < -0.39 is 0 Å². The molecule has 0 amide bonds. The minimum absolute atomic E-state index is 0. The van der Waals surface area contributed by atoms with Crippen LogP contribution < -0.4 is 0 Å².